The number of nitrogen functional groups attached to an aromatic ring is 1. The lowest BCUT2D eigenvalue weighted by Gasteiger charge is -2.34. The van der Waals surface area contributed by atoms with E-state index in [0.29, 0.717) is 11.9 Å². The molecule has 96 valence electrons. The topological polar surface area (TPSA) is 60.6 Å². The van der Waals surface area contributed by atoms with Gasteiger partial charge in [0.15, 0.2) is 16.6 Å². The van der Waals surface area contributed by atoms with Gasteiger partial charge in [-0.2, -0.15) is 4.37 Å². The van der Waals surface area contributed by atoms with Gasteiger partial charge in [-0.3, -0.25) is 0 Å². The summed E-state index contributed by atoms with van der Waals surface area (Å²) in [6.45, 7) is 8.45. The zero-order chi connectivity index (χ0) is 12.4. The minimum atomic E-state index is 0.101. The Morgan fingerprint density at radius 2 is 2.35 bits per heavy atom. The molecule has 1 aliphatic rings. The Morgan fingerprint density at radius 3 is 3.00 bits per heavy atom. The molecule has 5 nitrogen and oxygen atoms in total. The van der Waals surface area contributed by atoms with Crippen molar-refractivity contribution in [3.05, 3.63) is 0 Å². The number of nitrogens with two attached hydrogens (primary N) is 1. The number of nitrogens with zero attached hydrogens (tertiary/aromatic N) is 2. The third-order valence-electron chi connectivity index (χ3n) is 2.64. The van der Waals surface area contributed by atoms with Crippen molar-refractivity contribution in [1.29, 1.82) is 0 Å². The van der Waals surface area contributed by atoms with E-state index in [2.05, 4.69) is 16.2 Å². The lowest BCUT2D eigenvalue weighted by Crippen LogP contribution is -2.43. The molecular weight excluding hydrogens is 238 g/mol. The normalized spacial score (nSPS) is 20.9. The van der Waals surface area contributed by atoms with Crippen molar-refractivity contribution in [2.45, 2.75) is 32.9 Å². The maximum atomic E-state index is 5.86. The van der Waals surface area contributed by atoms with E-state index in [0.717, 1.165) is 30.5 Å². The zero-order valence-electron chi connectivity index (χ0n) is 10.5. The van der Waals surface area contributed by atoms with Crippen molar-refractivity contribution in [3.8, 4) is 5.75 Å². The van der Waals surface area contributed by atoms with Crippen LogP contribution in [0.5, 0.6) is 5.75 Å². The summed E-state index contributed by atoms with van der Waals surface area (Å²) in [5.74, 6) is 1.20. The van der Waals surface area contributed by atoms with Crippen LogP contribution in [0.1, 0.15) is 20.8 Å². The highest BCUT2D eigenvalue weighted by Crippen LogP contribution is 2.40. The molecule has 1 saturated heterocycles. The molecule has 17 heavy (non-hydrogen) atoms. The van der Waals surface area contributed by atoms with Crippen molar-refractivity contribution in [2.24, 2.45) is 0 Å². The predicted molar refractivity (Wildman–Crippen MR) is 69.9 cm³/mol. The first-order chi connectivity index (χ1) is 8.09. The van der Waals surface area contributed by atoms with E-state index in [1.165, 1.54) is 11.5 Å². The van der Waals surface area contributed by atoms with Gasteiger partial charge in [-0.15, -0.1) is 0 Å². The highest BCUT2D eigenvalue weighted by molar-refractivity contribution is 7.11. The minimum absolute atomic E-state index is 0.101. The lowest BCUT2D eigenvalue weighted by molar-refractivity contribution is 0.0988. The van der Waals surface area contributed by atoms with E-state index in [1.54, 1.807) is 0 Å². The van der Waals surface area contributed by atoms with Crippen molar-refractivity contribution in [2.75, 3.05) is 30.4 Å². The molecule has 1 aliphatic heterocycles. The Labute approximate surface area is 106 Å². The van der Waals surface area contributed by atoms with Crippen molar-refractivity contribution in [3.63, 3.8) is 0 Å². The van der Waals surface area contributed by atoms with Crippen molar-refractivity contribution >= 4 is 22.4 Å². The molecular formula is C11H19N3O2S. The molecule has 0 bridgehead atoms. The second-order valence-corrected chi connectivity index (χ2v) is 5.24. The quantitative estimate of drug-likeness (QED) is 0.893. The summed E-state index contributed by atoms with van der Waals surface area (Å²) in [5, 5.41) is 1.02. The highest BCUT2D eigenvalue weighted by atomic mass is 32.1. The van der Waals surface area contributed by atoms with Gasteiger partial charge >= 0.3 is 0 Å². The standard InChI is InChI=1S/C11H19N3O2S/c1-7(2)16-9-10(12)13-17-11(9)14-4-5-15-6-8(14)3/h7-8H,4-6H2,1-3H3,(H2,12,13). The van der Waals surface area contributed by atoms with Gasteiger partial charge in [0.25, 0.3) is 0 Å². The van der Waals surface area contributed by atoms with Gasteiger partial charge < -0.3 is 20.1 Å². The van der Waals surface area contributed by atoms with Crippen LogP contribution >= 0.6 is 11.5 Å². The number of anilines is 2. The van der Waals surface area contributed by atoms with Gasteiger partial charge in [-0.1, -0.05) is 0 Å². The van der Waals surface area contributed by atoms with Gasteiger partial charge in [-0.05, 0) is 32.3 Å². The van der Waals surface area contributed by atoms with Gasteiger partial charge in [0.1, 0.15) is 0 Å². The monoisotopic (exact) mass is 257 g/mol. The molecule has 1 aromatic heterocycles. The summed E-state index contributed by atoms with van der Waals surface area (Å²) < 4.78 is 15.4. The molecule has 1 atom stereocenters. The molecule has 2 heterocycles. The van der Waals surface area contributed by atoms with Crippen LogP contribution in [0.25, 0.3) is 0 Å². The Morgan fingerprint density at radius 1 is 1.59 bits per heavy atom. The molecule has 2 rings (SSSR count). The number of hydrogen-bond acceptors (Lipinski definition) is 6. The molecule has 6 heteroatoms. The van der Waals surface area contributed by atoms with Gasteiger partial charge in [0.2, 0.25) is 0 Å². The maximum absolute atomic E-state index is 5.86. The molecule has 0 aliphatic carbocycles. The van der Waals surface area contributed by atoms with Crippen molar-refractivity contribution in [1.82, 2.24) is 4.37 Å². The van der Waals surface area contributed by atoms with Gasteiger partial charge in [-0.25, -0.2) is 0 Å². The molecule has 0 spiro atoms. The molecule has 0 saturated carbocycles. The Kier molecular flexibility index (Phi) is 3.73. The number of ether oxygens (including phenoxy) is 2. The van der Waals surface area contributed by atoms with E-state index in [1.807, 2.05) is 13.8 Å². The molecule has 0 radical (unpaired) electrons. The van der Waals surface area contributed by atoms with Crippen LogP contribution in [0.3, 0.4) is 0 Å². The summed E-state index contributed by atoms with van der Waals surface area (Å²) in [6.07, 6.45) is 0.101. The number of rotatable bonds is 3. The predicted octanol–water partition coefficient (Wildman–Crippen LogP) is 1.74. The second kappa shape index (κ2) is 5.10. The van der Waals surface area contributed by atoms with Crippen molar-refractivity contribution < 1.29 is 9.47 Å². The molecule has 0 aromatic carbocycles. The lowest BCUT2D eigenvalue weighted by atomic mass is 10.2. The average molecular weight is 257 g/mol. The fourth-order valence-electron chi connectivity index (χ4n) is 1.84. The fraction of sp³-hybridized carbons (Fsp3) is 0.727. The largest absolute Gasteiger partial charge is 0.484 e. The Balaban J connectivity index is 2.24. The van der Waals surface area contributed by atoms with Gasteiger partial charge in [0, 0.05) is 6.54 Å². The van der Waals surface area contributed by atoms with Crippen LogP contribution in [0.15, 0.2) is 0 Å². The van der Waals surface area contributed by atoms with E-state index in [-0.39, 0.29) is 6.10 Å². The summed E-state index contributed by atoms with van der Waals surface area (Å²) in [7, 11) is 0. The third kappa shape index (κ3) is 2.63. The van der Waals surface area contributed by atoms with E-state index < -0.39 is 0 Å². The number of hydrogen-bond donors (Lipinski definition) is 1. The molecule has 1 fully saturated rings. The smallest absolute Gasteiger partial charge is 0.198 e. The SMILES string of the molecule is CC(C)Oc1c(N)nsc1N1CCOCC1C. The summed E-state index contributed by atoms with van der Waals surface area (Å²) >= 11 is 1.40. The van der Waals surface area contributed by atoms with Crippen LogP contribution in [-0.4, -0.2) is 36.3 Å². The summed E-state index contributed by atoms with van der Waals surface area (Å²) in [5.41, 5.74) is 5.86. The molecule has 1 aromatic rings. The Hall–Kier alpha value is -1.01. The van der Waals surface area contributed by atoms with Crippen LogP contribution in [0.4, 0.5) is 10.8 Å². The zero-order valence-corrected chi connectivity index (χ0v) is 11.3. The van der Waals surface area contributed by atoms with Crippen LogP contribution in [0.2, 0.25) is 0 Å². The molecule has 0 amide bonds. The van der Waals surface area contributed by atoms with Crippen LogP contribution in [-0.2, 0) is 4.74 Å². The van der Waals surface area contributed by atoms with E-state index >= 15 is 0 Å². The van der Waals surface area contributed by atoms with Gasteiger partial charge in [0.05, 0.1) is 25.4 Å². The van der Waals surface area contributed by atoms with E-state index in [9.17, 15) is 0 Å². The highest BCUT2D eigenvalue weighted by Gasteiger charge is 2.26. The summed E-state index contributed by atoms with van der Waals surface area (Å²) in [4.78, 5) is 2.26. The fourth-order valence-corrected chi connectivity index (χ4v) is 2.72. The first kappa shape index (κ1) is 12.4. The third-order valence-corrected chi connectivity index (χ3v) is 3.52. The first-order valence-corrected chi connectivity index (χ1v) is 6.63. The molecule has 1 unspecified atom stereocenters. The summed E-state index contributed by atoms with van der Waals surface area (Å²) in [6, 6.07) is 0.332. The first-order valence-electron chi connectivity index (χ1n) is 5.85. The van der Waals surface area contributed by atoms with E-state index in [4.69, 9.17) is 15.2 Å². The second-order valence-electron chi connectivity index (χ2n) is 4.49. The minimum Gasteiger partial charge on any atom is -0.484 e. The average Bonchev–Trinajstić information content (AvgIpc) is 2.61. The Bertz CT molecular complexity index is 381. The number of aromatic nitrogens is 1. The van der Waals surface area contributed by atoms with Crippen LogP contribution in [0, 0.1) is 0 Å². The molecule has 2 N–H and O–H groups in total. The number of morpholine rings is 1. The maximum Gasteiger partial charge on any atom is 0.198 e. The van der Waals surface area contributed by atoms with Crippen LogP contribution < -0.4 is 15.4 Å².